The second kappa shape index (κ2) is 4.40. The van der Waals surface area contributed by atoms with Crippen molar-refractivity contribution in [3.05, 3.63) is 35.7 Å². The molecule has 0 aliphatic heterocycles. The largest absolute Gasteiger partial charge is 0.497 e. The van der Waals surface area contributed by atoms with Crippen LogP contribution in [0.4, 0.5) is 4.39 Å². The molecule has 0 saturated heterocycles. The molecule has 0 N–H and O–H groups in total. The molecule has 1 aromatic rings. The number of halogens is 1. The monoisotopic (exact) mass is 180 g/mol. The van der Waals surface area contributed by atoms with Gasteiger partial charge in [-0.3, -0.25) is 4.79 Å². The lowest BCUT2D eigenvalue weighted by Gasteiger charge is -1.98. The van der Waals surface area contributed by atoms with E-state index in [0.717, 1.165) is 6.08 Å². The molecule has 0 aromatic heterocycles. The zero-order valence-electron chi connectivity index (χ0n) is 7.16. The highest BCUT2D eigenvalue weighted by molar-refractivity contribution is 5.78. The van der Waals surface area contributed by atoms with Gasteiger partial charge in [-0.2, -0.15) is 0 Å². The number of hydrogen-bond acceptors (Lipinski definition) is 2. The lowest BCUT2D eigenvalue weighted by atomic mass is 10.2. The van der Waals surface area contributed by atoms with Gasteiger partial charge in [0.15, 0.2) is 12.1 Å². The first-order valence-electron chi connectivity index (χ1n) is 3.72. The zero-order chi connectivity index (χ0) is 9.68. The Balaban J connectivity index is 2.86. The molecule has 13 heavy (non-hydrogen) atoms. The lowest BCUT2D eigenvalue weighted by Crippen LogP contribution is -1.82. The molecular formula is C10H9FO2. The molecule has 3 heteroatoms. The van der Waals surface area contributed by atoms with Crippen molar-refractivity contribution < 1.29 is 13.9 Å². The summed E-state index contributed by atoms with van der Waals surface area (Å²) >= 11 is 0. The van der Waals surface area contributed by atoms with Crippen molar-refractivity contribution in [3.63, 3.8) is 0 Å². The van der Waals surface area contributed by atoms with E-state index in [0.29, 0.717) is 11.3 Å². The van der Waals surface area contributed by atoms with Gasteiger partial charge in [0.05, 0.1) is 7.11 Å². The van der Waals surface area contributed by atoms with Crippen molar-refractivity contribution in [1.29, 1.82) is 0 Å². The molecule has 0 atom stereocenters. The summed E-state index contributed by atoms with van der Waals surface area (Å²) in [7, 11) is 1.55. The number of benzene rings is 1. The number of methoxy groups -OCH3 is 1. The fraction of sp³-hybridized carbons (Fsp3) is 0.100. The van der Waals surface area contributed by atoms with Crippen LogP contribution in [0.25, 0.3) is 6.08 Å². The molecular weight excluding hydrogens is 171 g/mol. The van der Waals surface area contributed by atoms with E-state index in [2.05, 4.69) is 0 Å². The Morgan fingerprint density at radius 2 is 2.00 bits per heavy atom. The third-order valence-electron chi connectivity index (χ3n) is 1.53. The summed E-state index contributed by atoms with van der Waals surface area (Å²) < 4.78 is 17.4. The van der Waals surface area contributed by atoms with Crippen LogP contribution < -0.4 is 4.74 Å². The number of carbonyl (C=O) groups is 1. The summed E-state index contributed by atoms with van der Waals surface area (Å²) in [5.74, 6) is -0.0890. The summed E-state index contributed by atoms with van der Waals surface area (Å²) in [6, 6.07) is 6.73. The zero-order valence-corrected chi connectivity index (χ0v) is 7.16. The highest BCUT2D eigenvalue weighted by Gasteiger charge is 1.93. The highest BCUT2D eigenvalue weighted by Crippen LogP contribution is 2.13. The first-order valence-corrected chi connectivity index (χ1v) is 3.72. The van der Waals surface area contributed by atoms with Gasteiger partial charge in [-0.15, -0.1) is 0 Å². The standard InChI is InChI=1S/C10H9FO2/c1-13-10-4-2-8(3-5-10)6-9(11)7-12/h2-7H,1H3. The first-order chi connectivity index (χ1) is 6.26. The Kier molecular flexibility index (Phi) is 3.20. The topological polar surface area (TPSA) is 26.3 Å². The Morgan fingerprint density at radius 3 is 2.46 bits per heavy atom. The molecule has 0 unspecified atom stereocenters. The molecule has 1 aromatic carbocycles. The van der Waals surface area contributed by atoms with Crippen LogP contribution in [0.3, 0.4) is 0 Å². The maximum atomic E-state index is 12.5. The number of ether oxygens (including phenoxy) is 1. The Bertz CT molecular complexity index is 314. The molecule has 68 valence electrons. The molecule has 0 saturated carbocycles. The summed E-state index contributed by atoms with van der Waals surface area (Å²) in [5, 5.41) is 0. The number of aldehydes is 1. The summed E-state index contributed by atoms with van der Waals surface area (Å²) in [6.07, 6.45) is 1.33. The van der Waals surface area contributed by atoms with E-state index in [4.69, 9.17) is 4.74 Å². The second-order valence-electron chi connectivity index (χ2n) is 2.42. The molecule has 0 heterocycles. The normalized spacial score (nSPS) is 11.1. The minimum absolute atomic E-state index is 0.171. The van der Waals surface area contributed by atoms with Crippen LogP contribution in [0, 0.1) is 0 Å². The van der Waals surface area contributed by atoms with E-state index >= 15 is 0 Å². The van der Waals surface area contributed by atoms with Crippen molar-refractivity contribution in [2.45, 2.75) is 0 Å². The fourth-order valence-corrected chi connectivity index (χ4v) is 0.893. The van der Waals surface area contributed by atoms with Crippen molar-refractivity contribution in [2.24, 2.45) is 0 Å². The van der Waals surface area contributed by atoms with Crippen LogP contribution in [0.1, 0.15) is 5.56 Å². The molecule has 0 radical (unpaired) electrons. The highest BCUT2D eigenvalue weighted by atomic mass is 19.1. The fourth-order valence-electron chi connectivity index (χ4n) is 0.893. The van der Waals surface area contributed by atoms with Gasteiger partial charge in [0.1, 0.15) is 5.75 Å². The smallest absolute Gasteiger partial charge is 0.178 e. The number of rotatable bonds is 3. The first kappa shape index (κ1) is 9.45. The molecule has 0 spiro atoms. The van der Waals surface area contributed by atoms with Gasteiger partial charge in [-0.05, 0) is 23.8 Å². The second-order valence-corrected chi connectivity index (χ2v) is 2.42. The maximum Gasteiger partial charge on any atom is 0.178 e. The Morgan fingerprint density at radius 1 is 1.38 bits per heavy atom. The number of carbonyl (C=O) groups excluding carboxylic acids is 1. The van der Waals surface area contributed by atoms with Crippen molar-refractivity contribution >= 4 is 12.4 Å². The van der Waals surface area contributed by atoms with Crippen LogP contribution in [0.2, 0.25) is 0 Å². The molecule has 2 nitrogen and oxygen atoms in total. The summed E-state index contributed by atoms with van der Waals surface area (Å²) in [5.41, 5.74) is 0.630. The minimum atomic E-state index is -0.787. The SMILES string of the molecule is COc1ccc(C=C(F)C=O)cc1. The minimum Gasteiger partial charge on any atom is -0.497 e. The molecule has 0 fully saturated rings. The third kappa shape index (κ3) is 2.71. The van der Waals surface area contributed by atoms with Gasteiger partial charge in [0.2, 0.25) is 0 Å². The third-order valence-corrected chi connectivity index (χ3v) is 1.53. The van der Waals surface area contributed by atoms with E-state index in [-0.39, 0.29) is 6.29 Å². The molecule has 0 bridgehead atoms. The van der Waals surface area contributed by atoms with Gasteiger partial charge in [-0.25, -0.2) is 4.39 Å². The van der Waals surface area contributed by atoms with Gasteiger partial charge in [-0.1, -0.05) is 12.1 Å². The van der Waals surface area contributed by atoms with Gasteiger partial charge in [0, 0.05) is 0 Å². The lowest BCUT2D eigenvalue weighted by molar-refractivity contribution is -0.106. The Labute approximate surface area is 75.6 Å². The molecule has 0 aliphatic carbocycles. The average Bonchev–Trinajstić information content (AvgIpc) is 2.19. The van der Waals surface area contributed by atoms with Crippen LogP contribution in [-0.4, -0.2) is 13.4 Å². The van der Waals surface area contributed by atoms with Crippen molar-refractivity contribution in [3.8, 4) is 5.75 Å². The molecule has 1 rings (SSSR count). The predicted molar refractivity (Wildman–Crippen MR) is 48.1 cm³/mol. The van der Waals surface area contributed by atoms with E-state index in [9.17, 15) is 9.18 Å². The van der Waals surface area contributed by atoms with Gasteiger partial charge >= 0.3 is 0 Å². The average molecular weight is 180 g/mol. The van der Waals surface area contributed by atoms with Crippen molar-refractivity contribution in [2.75, 3.05) is 7.11 Å². The van der Waals surface area contributed by atoms with E-state index < -0.39 is 5.83 Å². The predicted octanol–water partition coefficient (Wildman–Crippen LogP) is 2.20. The van der Waals surface area contributed by atoms with E-state index in [1.54, 1.807) is 31.4 Å². The van der Waals surface area contributed by atoms with Crippen LogP contribution in [0.15, 0.2) is 30.1 Å². The summed E-state index contributed by atoms with van der Waals surface area (Å²) in [4.78, 5) is 9.96. The van der Waals surface area contributed by atoms with Gasteiger partial charge < -0.3 is 4.74 Å². The summed E-state index contributed by atoms with van der Waals surface area (Å²) in [6.45, 7) is 0. The quantitative estimate of drug-likeness (QED) is 0.526. The van der Waals surface area contributed by atoms with Gasteiger partial charge in [0.25, 0.3) is 0 Å². The van der Waals surface area contributed by atoms with E-state index in [1.807, 2.05) is 0 Å². The maximum absolute atomic E-state index is 12.5. The number of allylic oxidation sites excluding steroid dienone is 1. The van der Waals surface area contributed by atoms with Crippen LogP contribution >= 0.6 is 0 Å². The van der Waals surface area contributed by atoms with E-state index in [1.165, 1.54) is 0 Å². The number of hydrogen-bond donors (Lipinski definition) is 0. The van der Waals surface area contributed by atoms with Crippen molar-refractivity contribution in [1.82, 2.24) is 0 Å². The Hall–Kier alpha value is -1.64. The molecule has 0 aliphatic rings. The van der Waals surface area contributed by atoms with Crippen LogP contribution in [0.5, 0.6) is 5.75 Å². The van der Waals surface area contributed by atoms with Crippen LogP contribution in [-0.2, 0) is 4.79 Å². The molecule has 0 amide bonds.